The standard InChI is InChI=1S/C18H19N3O2/c1-13-4-9-16(22)21(11-13)12-18(2,3)17(23)20-15-7-5-14(10-19)6-8-15/h4-9,11H,12H2,1-3H3,(H,20,23). The summed E-state index contributed by atoms with van der Waals surface area (Å²) in [7, 11) is 0. The zero-order valence-electron chi connectivity index (χ0n) is 13.5. The number of aryl methyl sites for hydroxylation is 1. The van der Waals surface area contributed by atoms with Crippen molar-refractivity contribution >= 4 is 11.6 Å². The highest BCUT2D eigenvalue weighted by Crippen LogP contribution is 2.21. The number of rotatable bonds is 4. The smallest absolute Gasteiger partial charge is 0.250 e. The second-order valence-electron chi connectivity index (χ2n) is 6.20. The maximum absolute atomic E-state index is 12.5. The first-order valence-electron chi connectivity index (χ1n) is 7.30. The van der Waals surface area contributed by atoms with Gasteiger partial charge in [-0.3, -0.25) is 9.59 Å². The molecule has 5 heteroatoms. The highest BCUT2D eigenvalue weighted by atomic mass is 16.2. The molecule has 1 amide bonds. The summed E-state index contributed by atoms with van der Waals surface area (Å²) in [6.45, 7) is 5.77. The monoisotopic (exact) mass is 309 g/mol. The van der Waals surface area contributed by atoms with E-state index >= 15 is 0 Å². The number of nitrogens with zero attached hydrogens (tertiary/aromatic N) is 2. The van der Waals surface area contributed by atoms with Crippen molar-refractivity contribution in [3.8, 4) is 6.07 Å². The summed E-state index contributed by atoms with van der Waals surface area (Å²) < 4.78 is 1.55. The molecule has 0 aliphatic carbocycles. The predicted octanol–water partition coefficient (Wildman–Crippen LogP) is 2.69. The van der Waals surface area contributed by atoms with Gasteiger partial charge >= 0.3 is 0 Å². The maximum atomic E-state index is 12.5. The van der Waals surface area contributed by atoms with E-state index in [0.29, 0.717) is 11.3 Å². The van der Waals surface area contributed by atoms with Crippen LogP contribution in [0.5, 0.6) is 0 Å². The molecule has 0 aliphatic rings. The minimum Gasteiger partial charge on any atom is -0.326 e. The topological polar surface area (TPSA) is 74.9 Å². The highest BCUT2D eigenvalue weighted by Gasteiger charge is 2.28. The lowest BCUT2D eigenvalue weighted by Gasteiger charge is -2.24. The SMILES string of the molecule is Cc1ccc(=O)n(CC(C)(C)C(=O)Nc2ccc(C#N)cc2)c1. The third-order valence-corrected chi connectivity index (χ3v) is 3.58. The van der Waals surface area contributed by atoms with Crippen molar-refractivity contribution in [3.05, 3.63) is 64.1 Å². The van der Waals surface area contributed by atoms with E-state index in [4.69, 9.17) is 5.26 Å². The van der Waals surface area contributed by atoms with Gasteiger partial charge in [-0.05, 0) is 50.6 Å². The van der Waals surface area contributed by atoms with Crippen molar-refractivity contribution in [2.24, 2.45) is 5.41 Å². The number of carbonyl (C=O) groups excluding carboxylic acids is 1. The highest BCUT2D eigenvalue weighted by molar-refractivity contribution is 5.94. The van der Waals surface area contributed by atoms with Crippen molar-refractivity contribution in [2.75, 3.05) is 5.32 Å². The van der Waals surface area contributed by atoms with Gasteiger partial charge in [0.05, 0.1) is 17.0 Å². The summed E-state index contributed by atoms with van der Waals surface area (Å²) in [6.07, 6.45) is 1.75. The van der Waals surface area contributed by atoms with Gasteiger partial charge in [-0.2, -0.15) is 5.26 Å². The van der Waals surface area contributed by atoms with Crippen molar-refractivity contribution in [2.45, 2.75) is 27.3 Å². The number of nitriles is 1. The van der Waals surface area contributed by atoms with E-state index in [2.05, 4.69) is 5.32 Å². The zero-order valence-corrected chi connectivity index (χ0v) is 13.5. The van der Waals surface area contributed by atoms with Crippen molar-refractivity contribution in [1.82, 2.24) is 4.57 Å². The Balaban J connectivity index is 2.14. The van der Waals surface area contributed by atoms with Crippen molar-refractivity contribution in [1.29, 1.82) is 5.26 Å². The number of hydrogen-bond donors (Lipinski definition) is 1. The van der Waals surface area contributed by atoms with Gasteiger partial charge in [0.25, 0.3) is 5.56 Å². The Morgan fingerprint density at radius 3 is 2.48 bits per heavy atom. The van der Waals surface area contributed by atoms with Crippen LogP contribution in [-0.2, 0) is 11.3 Å². The first-order chi connectivity index (χ1) is 10.8. The van der Waals surface area contributed by atoms with Crippen LogP contribution in [0.1, 0.15) is 25.0 Å². The molecule has 0 atom stereocenters. The van der Waals surface area contributed by atoms with Gasteiger partial charge < -0.3 is 9.88 Å². The summed E-state index contributed by atoms with van der Waals surface area (Å²) in [5.74, 6) is -0.185. The Kier molecular flexibility index (Phi) is 4.65. The molecule has 0 bridgehead atoms. The van der Waals surface area contributed by atoms with Gasteiger partial charge in [-0.1, -0.05) is 6.07 Å². The second-order valence-corrected chi connectivity index (χ2v) is 6.20. The Bertz CT molecular complexity index is 811. The molecule has 1 N–H and O–H groups in total. The maximum Gasteiger partial charge on any atom is 0.250 e. The number of carbonyl (C=O) groups is 1. The van der Waals surface area contributed by atoms with Crippen LogP contribution >= 0.6 is 0 Å². The van der Waals surface area contributed by atoms with Crippen LogP contribution in [0.25, 0.3) is 0 Å². The Morgan fingerprint density at radius 2 is 1.87 bits per heavy atom. The molecule has 0 unspecified atom stereocenters. The third kappa shape index (κ3) is 4.07. The summed E-state index contributed by atoms with van der Waals surface area (Å²) >= 11 is 0. The number of anilines is 1. The molecule has 0 fully saturated rings. The fraction of sp³-hybridized carbons (Fsp3) is 0.278. The number of hydrogen-bond acceptors (Lipinski definition) is 3. The lowest BCUT2D eigenvalue weighted by molar-refractivity contribution is -0.124. The summed E-state index contributed by atoms with van der Waals surface area (Å²) in [5.41, 5.74) is 1.24. The molecule has 118 valence electrons. The van der Waals surface area contributed by atoms with Gasteiger partial charge in [0, 0.05) is 24.5 Å². The number of benzene rings is 1. The molecule has 0 spiro atoms. The minimum atomic E-state index is -0.758. The average Bonchev–Trinajstić information content (AvgIpc) is 2.51. The van der Waals surface area contributed by atoms with Gasteiger partial charge in [-0.25, -0.2) is 0 Å². The first-order valence-corrected chi connectivity index (χ1v) is 7.30. The lowest BCUT2D eigenvalue weighted by Crippen LogP contribution is -2.37. The Labute approximate surface area is 135 Å². The predicted molar refractivity (Wildman–Crippen MR) is 89.0 cm³/mol. The Morgan fingerprint density at radius 1 is 1.22 bits per heavy atom. The molecule has 23 heavy (non-hydrogen) atoms. The number of aromatic nitrogens is 1. The van der Waals surface area contributed by atoms with Crippen LogP contribution in [0.4, 0.5) is 5.69 Å². The van der Waals surface area contributed by atoms with E-state index in [-0.39, 0.29) is 18.0 Å². The second kappa shape index (κ2) is 6.49. The molecular formula is C18H19N3O2. The molecule has 0 saturated carbocycles. The van der Waals surface area contributed by atoms with Gasteiger partial charge in [0.2, 0.25) is 5.91 Å². The van der Waals surface area contributed by atoms with Crippen LogP contribution in [0.3, 0.4) is 0 Å². The first kappa shape index (κ1) is 16.5. The van der Waals surface area contributed by atoms with Crippen LogP contribution < -0.4 is 10.9 Å². The third-order valence-electron chi connectivity index (χ3n) is 3.58. The number of amides is 1. The minimum absolute atomic E-state index is 0.130. The van der Waals surface area contributed by atoms with Crippen molar-refractivity contribution in [3.63, 3.8) is 0 Å². The van der Waals surface area contributed by atoms with E-state index in [1.807, 2.05) is 13.0 Å². The largest absolute Gasteiger partial charge is 0.326 e. The van der Waals surface area contributed by atoms with Crippen molar-refractivity contribution < 1.29 is 4.79 Å². The Hall–Kier alpha value is -2.87. The molecular weight excluding hydrogens is 290 g/mol. The quantitative estimate of drug-likeness (QED) is 0.943. The summed E-state index contributed by atoms with van der Waals surface area (Å²) in [4.78, 5) is 24.4. The van der Waals surface area contributed by atoms with Gasteiger partial charge in [0.1, 0.15) is 0 Å². The fourth-order valence-corrected chi connectivity index (χ4v) is 2.20. The summed E-state index contributed by atoms with van der Waals surface area (Å²) in [5, 5.41) is 11.6. The van der Waals surface area contributed by atoms with E-state index in [1.165, 1.54) is 6.07 Å². The molecule has 2 rings (SSSR count). The van der Waals surface area contributed by atoms with Crippen LogP contribution in [0, 0.1) is 23.7 Å². The normalized spacial score (nSPS) is 10.9. The molecule has 5 nitrogen and oxygen atoms in total. The molecule has 1 aromatic heterocycles. The number of pyridine rings is 1. The fourth-order valence-electron chi connectivity index (χ4n) is 2.20. The average molecular weight is 309 g/mol. The summed E-state index contributed by atoms with van der Waals surface area (Å²) in [6, 6.07) is 12.0. The molecule has 2 aromatic rings. The van der Waals surface area contributed by atoms with E-state index in [1.54, 1.807) is 54.9 Å². The van der Waals surface area contributed by atoms with Crippen LogP contribution in [0.2, 0.25) is 0 Å². The van der Waals surface area contributed by atoms with Gasteiger partial charge in [-0.15, -0.1) is 0 Å². The lowest BCUT2D eigenvalue weighted by atomic mass is 9.91. The molecule has 1 aromatic carbocycles. The zero-order chi connectivity index (χ0) is 17.0. The molecule has 1 heterocycles. The van der Waals surface area contributed by atoms with E-state index in [0.717, 1.165) is 5.56 Å². The molecule has 0 saturated heterocycles. The molecule has 0 aliphatic heterocycles. The van der Waals surface area contributed by atoms with Gasteiger partial charge in [0.15, 0.2) is 0 Å². The van der Waals surface area contributed by atoms with Crippen LogP contribution in [0.15, 0.2) is 47.4 Å². The van der Waals surface area contributed by atoms with E-state index < -0.39 is 5.41 Å². The molecule has 0 radical (unpaired) electrons. The van der Waals surface area contributed by atoms with Crippen LogP contribution in [-0.4, -0.2) is 10.5 Å². The number of nitrogens with one attached hydrogen (secondary N) is 1. The van der Waals surface area contributed by atoms with E-state index in [9.17, 15) is 9.59 Å².